The first-order valence-electron chi connectivity index (χ1n) is 10.1. The van der Waals surface area contributed by atoms with Crippen molar-refractivity contribution in [2.45, 2.75) is 39.3 Å². The number of nitrogens with zero attached hydrogens (tertiary/aromatic N) is 3. The van der Waals surface area contributed by atoms with Gasteiger partial charge in [-0.1, -0.05) is 6.92 Å². The molecule has 9 heteroatoms. The SMILES string of the molecule is CCCn1ccc2cc(NC(=O)CCCn3c(=O)oc4cc([N+](=O)[O-])ccc43)ccc21. The van der Waals surface area contributed by atoms with E-state index in [4.69, 9.17) is 4.42 Å². The molecule has 1 N–H and O–H groups in total. The van der Waals surface area contributed by atoms with Crippen LogP contribution in [0.15, 0.2) is 57.9 Å². The van der Waals surface area contributed by atoms with Crippen molar-refractivity contribution in [1.82, 2.24) is 9.13 Å². The number of nitrogens with one attached hydrogen (secondary N) is 1. The lowest BCUT2D eigenvalue weighted by molar-refractivity contribution is -0.384. The van der Waals surface area contributed by atoms with Crippen LogP contribution in [0.2, 0.25) is 0 Å². The third kappa shape index (κ3) is 4.20. The van der Waals surface area contributed by atoms with Gasteiger partial charge < -0.3 is 14.3 Å². The number of aryl methyl sites for hydroxylation is 2. The number of nitro groups is 1. The number of carbonyl (C=O) groups is 1. The summed E-state index contributed by atoms with van der Waals surface area (Å²) in [6.07, 6.45) is 3.74. The summed E-state index contributed by atoms with van der Waals surface area (Å²) in [5.41, 5.74) is 2.34. The topological polar surface area (TPSA) is 112 Å². The largest absolute Gasteiger partial charge is 0.419 e. The summed E-state index contributed by atoms with van der Waals surface area (Å²) < 4.78 is 8.67. The van der Waals surface area contributed by atoms with Crippen LogP contribution in [0.5, 0.6) is 0 Å². The van der Waals surface area contributed by atoms with Crippen molar-refractivity contribution in [2.75, 3.05) is 5.32 Å². The van der Waals surface area contributed by atoms with Crippen molar-refractivity contribution in [1.29, 1.82) is 0 Å². The lowest BCUT2D eigenvalue weighted by Crippen LogP contribution is -2.17. The Morgan fingerprint density at radius 2 is 1.94 bits per heavy atom. The monoisotopic (exact) mass is 422 g/mol. The molecule has 0 spiro atoms. The average molecular weight is 422 g/mol. The maximum atomic E-state index is 12.4. The van der Waals surface area contributed by atoms with Gasteiger partial charge in [-0.2, -0.15) is 0 Å². The predicted octanol–water partition coefficient (Wildman–Crippen LogP) is 4.29. The highest BCUT2D eigenvalue weighted by Gasteiger charge is 2.14. The van der Waals surface area contributed by atoms with Crippen LogP contribution in [0.4, 0.5) is 11.4 Å². The molecular formula is C22H22N4O5. The van der Waals surface area contributed by atoms with E-state index in [-0.39, 0.29) is 30.1 Å². The Bertz CT molecular complexity index is 1330. The summed E-state index contributed by atoms with van der Waals surface area (Å²) in [4.78, 5) is 34.8. The van der Waals surface area contributed by atoms with E-state index in [0.29, 0.717) is 11.9 Å². The smallest absolute Gasteiger partial charge is 0.407 e. The lowest BCUT2D eigenvalue weighted by atomic mass is 10.2. The molecule has 0 aliphatic carbocycles. The van der Waals surface area contributed by atoms with Crippen LogP contribution in [-0.2, 0) is 17.9 Å². The lowest BCUT2D eigenvalue weighted by Gasteiger charge is -2.07. The van der Waals surface area contributed by atoms with Crippen LogP contribution in [0, 0.1) is 10.1 Å². The molecule has 4 aromatic rings. The highest BCUT2D eigenvalue weighted by molar-refractivity contribution is 5.93. The highest BCUT2D eigenvalue weighted by Crippen LogP contribution is 2.22. The number of oxazole rings is 1. The summed E-state index contributed by atoms with van der Waals surface area (Å²) in [7, 11) is 0. The number of benzene rings is 2. The summed E-state index contributed by atoms with van der Waals surface area (Å²) in [5.74, 6) is -0.748. The first kappa shape index (κ1) is 20.4. The predicted molar refractivity (Wildman–Crippen MR) is 117 cm³/mol. The molecule has 0 fully saturated rings. The molecule has 0 radical (unpaired) electrons. The molecule has 31 heavy (non-hydrogen) atoms. The van der Waals surface area contributed by atoms with Crippen molar-refractivity contribution in [3.8, 4) is 0 Å². The molecule has 0 aliphatic rings. The van der Waals surface area contributed by atoms with Crippen LogP contribution in [0.1, 0.15) is 26.2 Å². The maximum absolute atomic E-state index is 12.4. The Kier molecular flexibility index (Phi) is 5.57. The Balaban J connectivity index is 1.38. The number of anilines is 1. The van der Waals surface area contributed by atoms with Crippen LogP contribution in [0.3, 0.4) is 0 Å². The minimum absolute atomic E-state index is 0.144. The van der Waals surface area contributed by atoms with Gasteiger partial charge >= 0.3 is 5.76 Å². The van der Waals surface area contributed by atoms with E-state index in [1.54, 1.807) is 0 Å². The van der Waals surface area contributed by atoms with Gasteiger partial charge in [0.05, 0.1) is 16.5 Å². The Labute approximate surface area is 177 Å². The third-order valence-electron chi connectivity index (χ3n) is 5.17. The van der Waals surface area contributed by atoms with Gasteiger partial charge in [0.2, 0.25) is 5.91 Å². The first-order chi connectivity index (χ1) is 15.0. The summed E-state index contributed by atoms with van der Waals surface area (Å²) >= 11 is 0. The van der Waals surface area contributed by atoms with Gasteiger partial charge in [0.15, 0.2) is 5.58 Å². The Morgan fingerprint density at radius 1 is 1.13 bits per heavy atom. The van der Waals surface area contributed by atoms with Gasteiger partial charge in [-0.25, -0.2) is 4.79 Å². The molecule has 160 valence electrons. The van der Waals surface area contributed by atoms with Crippen molar-refractivity contribution >= 4 is 39.3 Å². The number of carbonyl (C=O) groups excluding carboxylic acids is 1. The molecule has 0 unspecified atom stereocenters. The van der Waals surface area contributed by atoms with E-state index in [2.05, 4.69) is 16.8 Å². The normalized spacial score (nSPS) is 11.3. The second kappa shape index (κ2) is 8.47. The van der Waals surface area contributed by atoms with Gasteiger partial charge in [-0.3, -0.25) is 19.5 Å². The molecule has 2 heterocycles. The first-order valence-corrected chi connectivity index (χ1v) is 10.1. The molecule has 0 aliphatic heterocycles. The van der Waals surface area contributed by atoms with Crippen molar-refractivity contribution in [2.24, 2.45) is 0 Å². The number of amides is 1. The number of aromatic nitrogens is 2. The van der Waals surface area contributed by atoms with E-state index >= 15 is 0 Å². The standard InChI is InChI=1S/C22H22N4O5/c1-2-10-24-12-9-15-13-16(5-7-18(15)24)23-21(27)4-3-11-25-19-8-6-17(26(29)30)14-20(19)31-22(25)28/h5-9,12-14H,2-4,10-11H2,1H3,(H,23,27). The van der Waals surface area contributed by atoms with Crippen LogP contribution < -0.4 is 11.1 Å². The molecule has 0 atom stereocenters. The number of nitro benzene ring substituents is 1. The Morgan fingerprint density at radius 3 is 2.71 bits per heavy atom. The van der Waals surface area contributed by atoms with E-state index in [1.165, 1.54) is 22.8 Å². The van der Waals surface area contributed by atoms with Gasteiger partial charge in [0, 0.05) is 48.4 Å². The van der Waals surface area contributed by atoms with Crippen molar-refractivity contribution in [3.05, 3.63) is 69.3 Å². The number of hydrogen-bond donors (Lipinski definition) is 1. The van der Waals surface area contributed by atoms with Crippen molar-refractivity contribution in [3.63, 3.8) is 0 Å². The van der Waals surface area contributed by atoms with E-state index in [1.807, 2.05) is 30.5 Å². The molecule has 0 saturated heterocycles. The molecule has 0 bridgehead atoms. The van der Waals surface area contributed by atoms with Gasteiger partial charge in [0.1, 0.15) is 0 Å². The van der Waals surface area contributed by atoms with Gasteiger partial charge in [-0.05, 0) is 43.2 Å². The zero-order valence-electron chi connectivity index (χ0n) is 17.0. The Hall–Kier alpha value is -3.88. The minimum Gasteiger partial charge on any atom is -0.407 e. The summed E-state index contributed by atoms with van der Waals surface area (Å²) in [6, 6.07) is 11.9. The summed E-state index contributed by atoms with van der Waals surface area (Å²) in [5, 5.41) is 14.8. The minimum atomic E-state index is -0.599. The second-order valence-electron chi connectivity index (χ2n) is 7.36. The average Bonchev–Trinajstić information content (AvgIpc) is 3.28. The van der Waals surface area contributed by atoms with Gasteiger partial charge in [0.25, 0.3) is 5.69 Å². The van der Waals surface area contributed by atoms with Crippen LogP contribution in [-0.4, -0.2) is 20.0 Å². The zero-order chi connectivity index (χ0) is 22.0. The van der Waals surface area contributed by atoms with Crippen LogP contribution >= 0.6 is 0 Å². The molecule has 1 amide bonds. The fraction of sp³-hybridized carbons (Fsp3) is 0.273. The molecular weight excluding hydrogens is 400 g/mol. The third-order valence-corrected chi connectivity index (χ3v) is 5.17. The fourth-order valence-corrected chi connectivity index (χ4v) is 3.72. The highest BCUT2D eigenvalue weighted by atomic mass is 16.6. The molecule has 0 saturated carbocycles. The number of fused-ring (bicyclic) bond motifs is 2. The molecule has 2 aromatic carbocycles. The number of non-ortho nitro benzene ring substituents is 1. The summed E-state index contributed by atoms with van der Waals surface area (Å²) in [6.45, 7) is 3.35. The number of hydrogen-bond acceptors (Lipinski definition) is 5. The van der Waals surface area contributed by atoms with E-state index in [9.17, 15) is 19.7 Å². The quantitative estimate of drug-likeness (QED) is 0.336. The number of rotatable bonds is 8. The maximum Gasteiger partial charge on any atom is 0.419 e. The van der Waals surface area contributed by atoms with Crippen LogP contribution in [0.25, 0.3) is 22.0 Å². The zero-order valence-corrected chi connectivity index (χ0v) is 17.0. The van der Waals surface area contributed by atoms with Crippen molar-refractivity contribution < 1.29 is 14.1 Å². The van der Waals surface area contributed by atoms with E-state index < -0.39 is 10.7 Å². The molecule has 4 rings (SSSR count). The van der Waals surface area contributed by atoms with Gasteiger partial charge in [-0.15, -0.1) is 0 Å². The van der Waals surface area contributed by atoms with E-state index in [0.717, 1.165) is 29.6 Å². The molecule has 2 aromatic heterocycles. The molecule has 9 nitrogen and oxygen atoms in total. The second-order valence-corrected chi connectivity index (χ2v) is 7.36. The fourth-order valence-electron chi connectivity index (χ4n) is 3.72.